The maximum atomic E-state index is 14.2. The number of ether oxygens (including phenoxy) is 1. The van der Waals surface area contributed by atoms with Gasteiger partial charge in [-0.15, -0.1) is 0 Å². The highest BCUT2D eigenvalue weighted by Crippen LogP contribution is 2.28. The summed E-state index contributed by atoms with van der Waals surface area (Å²) in [6.45, 7) is 7.13. The molecule has 1 aromatic carbocycles. The fourth-order valence-electron chi connectivity index (χ4n) is 2.77. The third kappa shape index (κ3) is 4.14. The number of anilines is 1. The average Bonchev–Trinajstić information content (AvgIpc) is 2.46. The Hall–Kier alpha value is -1.20. The molecule has 0 saturated carbocycles. The van der Waals surface area contributed by atoms with E-state index < -0.39 is 11.6 Å². The molecule has 0 spiro atoms. The number of halogens is 2. The van der Waals surface area contributed by atoms with E-state index in [4.69, 9.17) is 4.74 Å². The smallest absolute Gasteiger partial charge is 0.149 e. The second-order valence-corrected chi connectivity index (χ2v) is 5.33. The Balaban J connectivity index is 2.06. The lowest BCUT2D eigenvalue weighted by molar-refractivity contribution is 0.0457. The third-order valence-corrected chi connectivity index (χ3v) is 3.82. The molecule has 1 aromatic rings. The van der Waals surface area contributed by atoms with E-state index >= 15 is 0 Å². The predicted octanol–water partition coefficient (Wildman–Crippen LogP) is 3.08. The van der Waals surface area contributed by atoms with Crippen LogP contribution in [0.15, 0.2) is 12.1 Å². The minimum absolute atomic E-state index is 0.102. The van der Waals surface area contributed by atoms with Crippen molar-refractivity contribution >= 4 is 5.69 Å². The zero-order valence-corrected chi connectivity index (χ0v) is 12.8. The summed E-state index contributed by atoms with van der Waals surface area (Å²) in [7, 11) is 0. The lowest BCUT2D eigenvalue weighted by Gasteiger charge is -2.33. The van der Waals surface area contributed by atoms with E-state index in [1.165, 1.54) is 12.1 Å². The number of piperidine rings is 1. The predicted molar refractivity (Wildman–Crippen MR) is 80.6 cm³/mol. The van der Waals surface area contributed by atoms with Crippen LogP contribution in [0.3, 0.4) is 0 Å². The molecule has 1 aliphatic rings. The Labute approximate surface area is 125 Å². The zero-order valence-electron chi connectivity index (χ0n) is 12.8. The number of rotatable bonds is 6. The number of hydrogen-bond acceptors (Lipinski definition) is 3. The molecule has 0 radical (unpaired) electrons. The molecule has 5 heteroatoms. The van der Waals surface area contributed by atoms with Crippen LogP contribution < -0.4 is 10.2 Å². The maximum Gasteiger partial charge on any atom is 0.149 e. The van der Waals surface area contributed by atoms with Crippen LogP contribution in [0.2, 0.25) is 0 Å². The first-order valence-electron chi connectivity index (χ1n) is 7.70. The summed E-state index contributed by atoms with van der Waals surface area (Å²) in [6, 6.07) is 2.85. The van der Waals surface area contributed by atoms with Crippen molar-refractivity contribution in [1.82, 2.24) is 5.32 Å². The van der Waals surface area contributed by atoms with Crippen LogP contribution >= 0.6 is 0 Å². The van der Waals surface area contributed by atoms with Gasteiger partial charge in [-0.2, -0.15) is 0 Å². The molecule has 0 atom stereocenters. The fraction of sp³-hybridized carbons (Fsp3) is 0.625. The zero-order chi connectivity index (χ0) is 15.2. The van der Waals surface area contributed by atoms with E-state index in [1.54, 1.807) is 4.90 Å². The van der Waals surface area contributed by atoms with Crippen molar-refractivity contribution < 1.29 is 13.5 Å². The molecule has 1 saturated heterocycles. The van der Waals surface area contributed by atoms with Crippen LogP contribution in [0.25, 0.3) is 0 Å². The minimum Gasteiger partial charge on any atom is -0.378 e. The molecule has 3 nitrogen and oxygen atoms in total. The molecule has 0 unspecified atom stereocenters. The van der Waals surface area contributed by atoms with Crippen molar-refractivity contribution in [1.29, 1.82) is 0 Å². The largest absolute Gasteiger partial charge is 0.378 e. The lowest BCUT2D eigenvalue weighted by atomic mass is 10.1. The number of benzene rings is 1. The second kappa shape index (κ2) is 7.71. The highest BCUT2D eigenvalue weighted by atomic mass is 19.1. The summed E-state index contributed by atoms with van der Waals surface area (Å²) in [5.74, 6) is -0.949. The molecular weight excluding hydrogens is 274 g/mol. The molecule has 0 aliphatic carbocycles. The van der Waals surface area contributed by atoms with Crippen LogP contribution in [0.4, 0.5) is 14.5 Å². The summed E-state index contributed by atoms with van der Waals surface area (Å²) < 4.78 is 34.0. The Kier molecular flexibility index (Phi) is 5.94. The summed E-state index contributed by atoms with van der Waals surface area (Å²) in [4.78, 5) is 1.79. The first kappa shape index (κ1) is 16.2. The van der Waals surface area contributed by atoms with E-state index in [1.807, 2.05) is 13.8 Å². The van der Waals surface area contributed by atoms with Crippen LogP contribution in [0, 0.1) is 11.6 Å². The summed E-state index contributed by atoms with van der Waals surface area (Å²) in [5, 5.41) is 3.07. The molecular formula is C16H24F2N2O. The van der Waals surface area contributed by atoms with Crippen LogP contribution in [0.1, 0.15) is 32.3 Å². The van der Waals surface area contributed by atoms with Crippen LogP contribution in [-0.2, 0) is 11.3 Å². The molecule has 0 amide bonds. The highest BCUT2D eigenvalue weighted by Gasteiger charge is 2.24. The first-order chi connectivity index (χ1) is 10.2. The Morgan fingerprint density at radius 2 is 1.81 bits per heavy atom. The van der Waals surface area contributed by atoms with Gasteiger partial charge >= 0.3 is 0 Å². The van der Waals surface area contributed by atoms with E-state index in [2.05, 4.69) is 5.32 Å². The number of nitrogens with one attached hydrogen (secondary N) is 1. The Morgan fingerprint density at radius 3 is 2.33 bits per heavy atom. The average molecular weight is 298 g/mol. The van der Waals surface area contributed by atoms with E-state index in [0.29, 0.717) is 31.8 Å². The van der Waals surface area contributed by atoms with Crippen LogP contribution in [0.5, 0.6) is 0 Å². The Bertz CT molecular complexity index is 437. The van der Waals surface area contributed by atoms with Gasteiger partial charge in [0.15, 0.2) is 0 Å². The monoisotopic (exact) mass is 298 g/mol. The molecule has 1 heterocycles. The van der Waals surface area contributed by atoms with Gasteiger partial charge in [-0.05, 0) is 44.0 Å². The summed E-state index contributed by atoms with van der Waals surface area (Å²) in [6.07, 6.45) is 1.84. The van der Waals surface area contributed by atoms with Gasteiger partial charge in [0.25, 0.3) is 0 Å². The topological polar surface area (TPSA) is 24.5 Å². The van der Waals surface area contributed by atoms with Gasteiger partial charge in [0.2, 0.25) is 0 Å². The normalized spacial score (nSPS) is 16.5. The lowest BCUT2D eigenvalue weighted by Crippen LogP contribution is -2.38. The van der Waals surface area contributed by atoms with Crippen molar-refractivity contribution in [2.24, 2.45) is 0 Å². The Morgan fingerprint density at radius 1 is 1.19 bits per heavy atom. The van der Waals surface area contributed by atoms with Crippen molar-refractivity contribution in [3.05, 3.63) is 29.3 Å². The van der Waals surface area contributed by atoms with Crippen molar-refractivity contribution in [2.75, 3.05) is 31.1 Å². The van der Waals surface area contributed by atoms with Crippen LogP contribution in [-0.4, -0.2) is 32.3 Å². The number of nitrogens with zero attached hydrogens (tertiary/aromatic N) is 1. The van der Waals surface area contributed by atoms with Crippen molar-refractivity contribution in [2.45, 2.75) is 39.3 Å². The highest BCUT2D eigenvalue weighted by molar-refractivity contribution is 5.51. The van der Waals surface area contributed by atoms with Gasteiger partial charge in [-0.1, -0.05) is 6.92 Å². The van der Waals surface area contributed by atoms with E-state index in [-0.39, 0.29) is 11.8 Å². The molecule has 21 heavy (non-hydrogen) atoms. The molecule has 1 N–H and O–H groups in total. The van der Waals surface area contributed by atoms with Gasteiger partial charge in [0.1, 0.15) is 17.3 Å². The van der Waals surface area contributed by atoms with E-state index in [9.17, 15) is 8.78 Å². The second-order valence-electron chi connectivity index (χ2n) is 5.33. The molecule has 1 aliphatic heterocycles. The van der Waals surface area contributed by atoms with Gasteiger partial charge in [-0.25, -0.2) is 8.78 Å². The third-order valence-electron chi connectivity index (χ3n) is 3.82. The first-order valence-corrected chi connectivity index (χ1v) is 7.70. The summed E-state index contributed by atoms with van der Waals surface area (Å²) >= 11 is 0. The van der Waals surface area contributed by atoms with E-state index in [0.717, 1.165) is 19.4 Å². The fourth-order valence-corrected chi connectivity index (χ4v) is 2.77. The van der Waals surface area contributed by atoms with Crippen molar-refractivity contribution in [3.8, 4) is 0 Å². The summed E-state index contributed by atoms with van der Waals surface area (Å²) in [5.41, 5.74) is 0.741. The van der Waals surface area contributed by atoms with Gasteiger partial charge < -0.3 is 15.0 Å². The molecule has 1 fully saturated rings. The number of hydrogen-bond donors (Lipinski definition) is 1. The molecule has 0 aromatic heterocycles. The molecule has 118 valence electrons. The van der Waals surface area contributed by atoms with Crippen molar-refractivity contribution in [3.63, 3.8) is 0 Å². The van der Waals surface area contributed by atoms with Gasteiger partial charge in [0.05, 0.1) is 6.10 Å². The minimum atomic E-state index is -0.474. The SMILES string of the molecule is CCNCc1cc(F)c(N2CCC(OCC)CC2)c(F)c1. The molecule has 2 rings (SSSR count). The quantitative estimate of drug-likeness (QED) is 0.873. The van der Waals surface area contributed by atoms with Gasteiger partial charge in [-0.3, -0.25) is 0 Å². The standard InChI is InChI=1S/C16H24F2N2O/c1-3-19-11-12-9-14(17)16(15(18)10-12)20-7-5-13(6-8-20)21-4-2/h9-10,13,19H,3-8,11H2,1-2H3. The van der Waals surface area contributed by atoms with Gasteiger partial charge in [0, 0.05) is 26.2 Å². The molecule has 0 bridgehead atoms. The maximum absolute atomic E-state index is 14.2.